The van der Waals surface area contributed by atoms with E-state index in [1.165, 1.54) is 0 Å². The van der Waals surface area contributed by atoms with E-state index in [0.29, 0.717) is 19.1 Å². The topological polar surface area (TPSA) is 73.6 Å². The fourth-order valence-corrected chi connectivity index (χ4v) is 3.47. The molecule has 2 fully saturated rings. The van der Waals surface area contributed by atoms with E-state index in [0.717, 1.165) is 42.5 Å². The number of ether oxygens (including phenoxy) is 2. The Morgan fingerprint density at radius 3 is 2.74 bits per heavy atom. The van der Waals surface area contributed by atoms with Gasteiger partial charge in [0.05, 0.1) is 13.2 Å². The van der Waals surface area contributed by atoms with E-state index in [2.05, 4.69) is 10.3 Å². The average Bonchev–Trinajstić information content (AvgIpc) is 3.13. The van der Waals surface area contributed by atoms with Gasteiger partial charge in [0, 0.05) is 31.4 Å². The monoisotopic (exact) mass is 316 g/mol. The lowest BCUT2D eigenvalue weighted by Crippen LogP contribution is -2.38. The van der Waals surface area contributed by atoms with Crippen molar-refractivity contribution < 1.29 is 18.7 Å². The molecule has 4 rings (SSSR count). The highest BCUT2D eigenvalue weighted by Crippen LogP contribution is 2.38. The molecule has 0 atom stereocenters. The minimum Gasteiger partial charge on any atom is -0.441 e. The predicted octanol–water partition coefficient (Wildman–Crippen LogP) is 3.01. The number of anilines is 1. The summed E-state index contributed by atoms with van der Waals surface area (Å²) in [5.74, 6) is 0.256. The minimum absolute atomic E-state index is 0.00293. The van der Waals surface area contributed by atoms with E-state index < -0.39 is 5.79 Å². The Balaban J connectivity index is 1.41. The van der Waals surface area contributed by atoms with Crippen LogP contribution in [0.4, 0.5) is 5.69 Å². The molecule has 122 valence electrons. The van der Waals surface area contributed by atoms with Gasteiger partial charge in [-0.05, 0) is 31.0 Å². The van der Waals surface area contributed by atoms with Gasteiger partial charge < -0.3 is 19.2 Å². The summed E-state index contributed by atoms with van der Waals surface area (Å²) < 4.78 is 16.9. The number of carbonyl (C=O) groups excluding carboxylic acids is 1. The van der Waals surface area contributed by atoms with Crippen LogP contribution in [0.1, 0.15) is 31.6 Å². The Kier molecular flexibility index (Phi) is 3.58. The van der Waals surface area contributed by atoms with Crippen molar-refractivity contribution in [3.8, 4) is 0 Å². The number of carbonyl (C=O) groups is 1. The van der Waals surface area contributed by atoms with Gasteiger partial charge in [0.2, 0.25) is 5.91 Å². The van der Waals surface area contributed by atoms with Gasteiger partial charge in [0.25, 0.3) is 0 Å². The molecular formula is C17H20N2O4. The molecule has 1 saturated heterocycles. The number of amides is 1. The Bertz CT molecular complexity index is 723. The van der Waals surface area contributed by atoms with Crippen LogP contribution in [-0.4, -0.2) is 29.9 Å². The second-order valence-corrected chi connectivity index (χ2v) is 6.29. The molecule has 23 heavy (non-hydrogen) atoms. The zero-order chi connectivity index (χ0) is 15.9. The Morgan fingerprint density at radius 1 is 1.26 bits per heavy atom. The van der Waals surface area contributed by atoms with Crippen molar-refractivity contribution in [2.45, 2.75) is 38.4 Å². The molecule has 1 amide bonds. The van der Waals surface area contributed by atoms with Gasteiger partial charge in [-0.2, -0.15) is 0 Å². The summed E-state index contributed by atoms with van der Waals surface area (Å²) in [4.78, 5) is 16.8. The molecule has 1 aliphatic heterocycles. The number of hydrogen-bond donors (Lipinski definition) is 1. The van der Waals surface area contributed by atoms with Gasteiger partial charge in [-0.1, -0.05) is 0 Å². The Morgan fingerprint density at radius 2 is 2.00 bits per heavy atom. The molecule has 2 aliphatic rings. The van der Waals surface area contributed by atoms with Gasteiger partial charge in [0.1, 0.15) is 5.52 Å². The predicted molar refractivity (Wildman–Crippen MR) is 84.0 cm³/mol. The molecule has 1 spiro atoms. The number of nitrogens with zero attached hydrogens (tertiary/aromatic N) is 1. The van der Waals surface area contributed by atoms with Crippen molar-refractivity contribution >= 4 is 22.7 Å². The molecule has 1 saturated carbocycles. The van der Waals surface area contributed by atoms with Crippen molar-refractivity contribution in [3.63, 3.8) is 0 Å². The maximum Gasteiger partial charge on any atom is 0.227 e. The number of rotatable bonds is 2. The Labute approximate surface area is 134 Å². The minimum atomic E-state index is -0.423. The Hall–Kier alpha value is -1.92. The second-order valence-electron chi connectivity index (χ2n) is 6.29. The summed E-state index contributed by atoms with van der Waals surface area (Å²) in [6, 6.07) is 5.52. The van der Waals surface area contributed by atoms with Gasteiger partial charge in [-0.25, -0.2) is 4.98 Å². The smallest absolute Gasteiger partial charge is 0.227 e. The standard InChI is InChI=1S/C17H20N2O4/c1-11-18-14-10-13(2-3-15(14)23-11)19-16(20)12-4-6-17(7-5-12)21-8-9-22-17/h2-3,10,12H,4-9H2,1H3,(H,19,20). The van der Waals surface area contributed by atoms with Crippen molar-refractivity contribution in [1.29, 1.82) is 0 Å². The quantitative estimate of drug-likeness (QED) is 0.922. The van der Waals surface area contributed by atoms with Crippen molar-refractivity contribution in [3.05, 3.63) is 24.1 Å². The van der Waals surface area contributed by atoms with Crippen LogP contribution in [0.5, 0.6) is 0 Å². The van der Waals surface area contributed by atoms with Gasteiger partial charge >= 0.3 is 0 Å². The van der Waals surface area contributed by atoms with E-state index in [1.54, 1.807) is 0 Å². The number of aromatic nitrogens is 1. The van der Waals surface area contributed by atoms with E-state index in [1.807, 2.05) is 25.1 Å². The van der Waals surface area contributed by atoms with Crippen LogP contribution < -0.4 is 5.32 Å². The van der Waals surface area contributed by atoms with Gasteiger partial charge in [-0.15, -0.1) is 0 Å². The average molecular weight is 316 g/mol. The maximum atomic E-state index is 12.5. The van der Waals surface area contributed by atoms with Gasteiger partial charge in [0.15, 0.2) is 17.3 Å². The first-order chi connectivity index (χ1) is 11.1. The lowest BCUT2D eigenvalue weighted by Gasteiger charge is -2.34. The molecule has 2 heterocycles. The molecule has 6 nitrogen and oxygen atoms in total. The first-order valence-electron chi connectivity index (χ1n) is 8.10. The number of nitrogens with one attached hydrogen (secondary N) is 1. The van der Waals surface area contributed by atoms with E-state index in [9.17, 15) is 4.79 Å². The highest BCUT2D eigenvalue weighted by molar-refractivity contribution is 5.94. The summed E-state index contributed by atoms with van der Waals surface area (Å²) in [7, 11) is 0. The third kappa shape index (κ3) is 2.84. The number of hydrogen-bond acceptors (Lipinski definition) is 5. The molecular weight excluding hydrogens is 296 g/mol. The van der Waals surface area contributed by atoms with Gasteiger partial charge in [-0.3, -0.25) is 4.79 Å². The van der Waals surface area contributed by atoms with Crippen LogP contribution in [0.15, 0.2) is 22.6 Å². The number of oxazole rings is 1. The van der Waals surface area contributed by atoms with Crippen molar-refractivity contribution in [1.82, 2.24) is 4.98 Å². The van der Waals surface area contributed by atoms with Crippen LogP contribution in [-0.2, 0) is 14.3 Å². The fourth-order valence-electron chi connectivity index (χ4n) is 3.47. The number of fused-ring (bicyclic) bond motifs is 1. The van der Waals surface area contributed by atoms with E-state index >= 15 is 0 Å². The van der Waals surface area contributed by atoms with Crippen LogP contribution >= 0.6 is 0 Å². The molecule has 6 heteroatoms. The number of aryl methyl sites for hydroxylation is 1. The third-order valence-electron chi connectivity index (χ3n) is 4.69. The highest BCUT2D eigenvalue weighted by Gasteiger charge is 2.41. The molecule has 1 aliphatic carbocycles. The third-order valence-corrected chi connectivity index (χ3v) is 4.69. The molecule has 1 N–H and O–H groups in total. The summed E-state index contributed by atoms with van der Waals surface area (Å²) in [6.45, 7) is 3.13. The highest BCUT2D eigenvalue weighted by atomic mass is 16.7. The zero-order valence-electron chi connectivity index (χ0n) is 13.1. The molecule has 0 unspecified atom stereocenters. The lowest BCUT2D eigenvalue weighted by molar-refractivity contribution is -0.182. The normalized spacial score (nSPS) is 21.1. The van der Waals surface area contributed by atoms with E-state index in [-0.39, 0.29) is 11.8 Å². The number of benzene rings is 1. The molecule has 2 aromatic rings. The fraction of sp³-hybridized carbons (Fsp3) is 0.529. The van der Waals surface area contributed by atoms with Crippen LogP contribution in [0.3, 0.4) is 0 Å². The maximum absolute atomic E-state index is 12.5. The molecule has 1 aromatic heterocycles. The summed E-state index contributed by atoms with van der Waals surface area (Å²) in [5, 5.41) is 2.99. The van der Waals surface area contributed by atoms with E-state index in [4.69, 9.17) is 13.9 Å². The first-order valence-corrected chi connectivity index (χ1v) is 8.10. The largest absolute Gasteiger partial charge is 0.441 e. The second kappa shape index (κ2) is 5.62. The lowest BCUT2D eigenvalue weighted by atomic mass is 9.84. The van der Waals surface area contributed by atoms with Crippen molar-refractivity contribution in [2.24, 2.45) is 5.92 Å². The first kappa shape index (κ1) is 14.7. The molecule has 1 aromatic carbocycles. The summed E-state index contributed by atoms with van der Waals surface area (Å²) in [5.41, 5.74) is 2.25. The molecule has 0 radical (unpaired) electrons. The zero-order valence-corrected chi connectivity index (χ0v) is 13.1. The molecule has 0 bridgehead atoms. The SMILES string of the molecule is Cc1nc2cc(NC(=O)C3CCC4(CC3)OCCO4)ccc2o1. The van der Waals surface area contributed by atoms with Crippen molar-refractivity contribution in [2.75, 3.05) is 18.5 Å². The van der Waals surface area contributed by atoms with Crippen LogP contribution in [0.2, 0.25) is 0 Å². The van der Waals surface area contributed by atoms with Crippen LogP contribution in [0.25, 0.3) is 11.1 Å². The summed E-state index contributed by atoms with van der Waals surface area (Å²) >= 11 is 0. The summed E-state index contributed by atoms with van der Waals surface area (Å²) in [6.07, 6.45) is 3.15. The van der Waals surface area contributed by atoms with Crippen LogP contribution in [0, 0.1) is 12.8 Å².